The zero-order chi connectivity index (χ0) is 14.0. The Morgan fingerprint density at radius 1 is 1.37 bits per heavy atom. The highest BCUT2D eigenvalue weighted by Gasteiger charge is 2.47. The summed E-state index contributed by atoms with van der Waals surface area (Å²) in [6, 6.07) is 3.56. The van der Waals surface area contributed by atoms with Crippen LogP contribution in [0.5, 0.6) is 0 Å². The molecule has 1 fully saturated rings. The monoisotopic (exact) mass is 280 g/mol. The summed E-state index contributed by atoms with van der Waals surface area (Å²) in [6.07, 6.45) is 1.25. The van der Waals surface area contributed by atoms with E-state index in [2.05, 4.69) is 5.32 Å². The molecule has 0 saturated carbocycles. The van der Waals surface area contributed by atoms with E-state index in [9.17, 15) is 9.59 Å². The van der Waals surface area contributed by atoms with Gasteiger partial charge in [0.15, 0.2) is 0 Å². The normalized spacial score (nSPS) is 22.5. The molecule has 0 radical (unpaired) electrons. The summed E-state index contributed by atoms with van der Waals surface area (Å²) in [5, 5.41) is 4.90. The summed E-state index contributed by atoms with van der Waals surface area (Å²) in [5.41, 5.74) is -0.721. The molecule has 1 N–H and O–H groups in total. The van der Waals surface area contributed by atoms with Crippen LogP contribution in [0.3, 0.4) is 0 Å². The van der Waals surface area contributed by atoms with Gasteiger partial charge >= 0.3 is 0 Å². The Bertz CT molecular complexity index is 466. The fraction of sp³-hybridized carbons (Fsp3) is 0.571. The van der Waals surface area contributed by atoms with Crippen LogP contribution < -0.4 is 5.32 Å². The summed E-state index contributed by atoms with van der Waals surface area (Å²) >= 11 is 1.61. The molecular weight excluding hydrogens is 260 g/mol. The number of carbonyl (C=O) groups excluding carboxylic acids is 2. The molecule has 1 aromatic heterocycles. The highest BCUT2D eigenvalue weighted by Crippen LogP contribution is 2.27. The summed E-state index contributed by atoms with van der Waals surface area (Å²) < 4.78 is 0. The molecule has 1 unspecified atom stereocenters. The number of piperazine rings is 1. The minimum atomic E-state index is -0.721. The molecule has 0 aromatic carbocycles. The van der Waals surface area contributed by atoms with Gasteiger partial charge in [0.2, 0.25) is 11.8 Å². The van der Waals surface area contributed by atoms with Crippen molar-refractivity contribution < 1.29 is 9.59 Å². The van der Waals surface area contributed by atoms with E-state index in [0.717, 1.165) is 4.88 Å². The number of hydrogen-bond acceptors (Lipinski definition) is 3. The summed E-state index contributed by atoms with van der Waals surface area (Å²) in [5.74, 6) is -0.0159. The SMILES string of the molecule is CCC1(CC)NC(=O)C(C)N(Cc2cccs2)C1=O. The maximum Gasteiger partial charge on any atom is 0.249 e. The zero-order valence-electron chi connectivity index (χ0n) is 11.6. The predicted molar refractivity (Wildman–Crippen MR) is 75.8 cm³/mol. The molecular formula is C14H20N2O2S. The second-order valence-electron chi connectivity index (χ2n) is 4.97. The van der Waals surface area contributed by atoms with E-state index in [-0.39, 0.29) is 11.8 Å². The van der Waals surface area contributed by atoms with E-state index in [0.29, 0.717) is 19.4 Å². The Morgan fingerprint density at radius 3 is 2.58 bits per heavy atom. The third kappa shape index (κ3) is 2.39. The number of thiophene rings is 1. The third-order valence-corrected chi connectivity index (χ3v) is 4.85. The van der Waals surface area contributed by atoms with E-state index in [1.54, 1.807) is 23.2 Å². The van der Waals surface area contributed by atoms with Crippen molar-refractivity contribution >= 4 is 23.2 Å². The average Bonchev–Trinajstić information content (AvgIpc) is 2.92. The largest absolute Gasteiger partial charge is 0.340 e. The fourth-order valence-electron chi connectivity index (χ4n) is 2.49. The van der Waals surface area contributed by atoms with E-state index in [1.807, 2.05) is 31.4 Å². The van der Waals surface area contributed by atoms with Crippen LogP contribution in [0.1, 0.15) is 38.5 Å². The van der Waals surface area contributed by atoms with Crippen LogP contribution in [0.4, 0.5) is 0 Å². The lowest BCUT2D eigenvalue weighted by molar-refractivity contribution is -0.155. The Kier molecular flexibility index (Phi) is 3.94. The minimum absolute atomic E-state index is 0.0398. The Hall–Kier alpha value is -1.36. The molecule has 1 aromatic rings. The van der Waals surface area contributed by atoms with Crippen molar-refractivity contribution in [2.75, 3.05) is 0 Å². The van der Waals surface area contributed by atoms with Crippen molar-refractivity contribution in [3.05, 3.63) is 22.4 Å². The number of hydrogen-bond donors (Lipinski definition) is 1. The smallest absolute Gasteiger partial charge is 0.249 e. The van der Waals surface area contributed by atoms with Gasteiger partial charge in [0.25, 0.3) is 0 Å². The van der Waals surface area contributed by atoms with E-state index in [4.69, 9.17) is 0 Å². The maximum absolute atomic E-state index is 12.7. The van der Waals surface area contributed by atoms with Crippen molar-refractivity contribution in [2.24, 2.45) is 0 Å². The van der Waals surface area contributed by atoms with Crippen LogP contribution in [0.2, 0.25) is 0 Å². The highest BCUT2D eigenvalue weighted by atomic mass is 32.1. The van der Waals surface area contributed by atoms with Crippen molar-refractivity contribution in [3.8, 4) is 0 Å². The summed E-state index contributed by atoms with van der Waals surface area (Å²) in [6.45, 7) is 6.20. The molecule has 104 valence electrons. The van der Waals surface area contributed by atoms with E-state index >= 15 is 0 Å². The Morgan fingerprint density at radius 2 is 2.05 bits per heavy atom. The van der Waals surface area contributed by atoms with Gasteiger partial charge in [0.05, 0.1) is 6.54 Å². The third-order valence-electron chi connectivity index (χ3n) is 3.99. The quantitative estimate of drug-likeness (QED) is 0.918. The summed E-state index contributed by atoms with van der Waals surface area (Å²) in [4.78, 5) is 27.6. The second-order valence-corrected chi connectivity index (χ2v) is 6.00. The Balaban J connectivity index is 2.28. The van der Waals surface area contributed by atoms with Crippen LogP contribution in [-0.4, -0.2) is 28.3 Å². The molecule has 1 aliphatic heterocycles. The zero-order valence-corrected chi connectivity index (χ0v) is 12.4. The number of amides is 2. The lowest BCUT2D eigenvalue weighted by Gasteiger charge is -2.44. The van der Waals surface area contributed by atoms with Gasteiger partial charge in [-0.3, -0.25) is 9.59 Å². The molecule has 4 nitrogen and oxygen atoms in total. The van der Waals surface area contributed by atoms with E-state index in [1.165, 1.54) is 0 Å². The van der Waals surface area contributed by atoms with Crippen molar-refractivity contribution in [2.45, 2.75) is 51.7 Å². The topological polar surface area (TPSA) is 49.4 Å². The molecule has 1 saturated heterocycles. The summed E-state index contributed by atoms with van der Waals surface area (Å²) in [7, 11) is 0. The van der Waals surface area contributed by atoms with Gasteiger partial charge in [-0.15, -0.1) is 11.3 Å². The first-order chi connectivity index (χ1) is 9.04. The molecule has 1 aliphatic rings. The van der Waals surface area contributed by atoms with E-state index < -0.39 is 11.6 Å². The molecule has 0 aliphatic carbocycles. The maximum atomic E-state index is 12.7. The lowest BCUT2D eigenvalue weighted by atomic mass is 9.87. The van der Waals surface area contributed by atoms with Crippen molar-refractivity contribution in [1.82, 2.24) is 10.2 Å². The molecule has 2 amide bonds. The van der Waals surface area contributed by atoms with Crippen molar-refractivity contribution in [1.29, 1.82) is 0 Å². The first-order valence-electron chi connectivity index (χ1n) is 6.69. The first kappa shape index (κ1) is 14.1. The molecule has 0 bridgehead atoms. The van der Waals surface area contributed by atoms with Gasteiger partial charge in [-0.2, -0.15) is 0 Å². The molecule has 5 heteroatoms. The van der Waals surface area contributed by atoms with Gasteiger partial charge in [-0.25, -0.2) is 0 Å². The Labute approximate surface area is 117 Å². The van der Waals surface area contributed by atoms with Crippen LogP contribution in [-0.2, 0) is 16.1 Å². The van der Waals surface area contributed by atoms with Gasteiger partial charge in [0, 0.05) is 4.88 Å². The standard InChI is InChI=1S/C14H20N2O2S/c1-4-14(5-2)13(18)16(10(3)12(17)15-14)9-11-7-6-8-19-11/h6-8,10H,4-5,9H2,1-3H3,(H,15,17). The van der Waals surface area contributed by atoms with Crippen LogP contribution in [0.15, 0.2) is 17.5 Å². The number of rotatable bonds is 4. The minimum Gasteiger partial charge on any atom is -0.340 e. The van der Waals surface area contributed by atoms with Gasteiger partial charge in [-0.1, -0.05) is 19.9 Å². The van der Waals surface area contributed by atoms with Crippen LogP contribution in [0.25, 0.3) is 0 Å². The first-order valence-corrected chi connectivity index (χ1v) is 7.57. The number of nitrogens with zero attached hydrogens (tertiary/aromatic N) is 1. The predicted octanol–water partition coefficient (Wildman–Crippen LogP) is 2.15. The number of nitrogens with one attached hydrogen (secondary N) is 1. The molecule has 2 heterocycles. The molecule has 0 spiro atoms. The van der Waals surface area contributed by atoms with Crippen LogP contribution >= 0.6 is 11.3 Å². The average molecular weight is 280 g/mol. The van der Waals surface area contributed by atoms with Gasteiger partial charge < -0.3 is 10.2 Å². The fourth-order valence-corrected chi connectivity index (χ4v) is 3.20. The molecule has 1 atom stereocenters. The van der Waals surface area contributed by atoms with Crippen molar-refractivity contribution in [3.63, 3.8) is 0 Å². The lowest BCUT2D eigenvalue weighted by Crippen LogP contribution is -2.69. The highest BCUT2D eigenvalue weighted by molar-refractivity contribution is 7.09. The van der Waals surface area contributed by atoms with Gasteiger partial charge in [0.1, 0.15) is 11.6 Å². The van der Waals surface area contributed by atoms with Gasteiger partial charge in [-0.05, 0) is 31.2 Å². The molecule has 2 rings (SSSR count). The molecule has 19 heavy (non-hydrogen) atoms. The second kappa shape index (κ2) is 5.33. The van der Waals surface area contributed by atoms with Crippen LogP contribution in [0, 0.1) is 0 Å². The number of carbonyl (C=O) groups is 2.